The Morgan fingerprint density at radius 2 is 1.90 bits per heavy atom. The Kier molecular flexibility index (Phi) is 9.52. The Balaban J connectivity index is 1.23. The number of nitrogens with zero attached hydrogens (tertiary/aromatic N) is 4. The highest BCUT2D eigenvalue weighted by Crippen LogP contribution is 2.25. The van der Waals surface area contributed by atoms with Crippen molar-refractivity contribution in [3.8, 4) is 0 Å². The Morgan fingerprint density at radius 3 is 2.64 bits per heavy atom. The molecule has 1 aromatic carbocycles. The maximum atomic E-state index is 13.5. The minimum absolute atomic E-state index is 0.225. The number of carbonyl (C=O) groups excluding carboxylic acids is 2. The minimum Gasteiger partial charge on any atom is -0.463 e. The van der Waals surface area contributed by atoms with Crippen LogP contribution < -0.4 is 16.4 Å². The summed E-state index contributed by atoms with van der Waals surface area (Å²) < 4.78 is 11.4. The molecule has 1 saturated heterocycles. The molecule has 0 bridgehead atoms. The zero-order valence-electron chi connectivity index (χ0n) is 23.8. The van der Waals surface area contributed by atoms with Crippen molar-refractivity contribution in [1.29, 1.82) is 0 Å². The highest BCUT2D eigenvalue weighted by atomic mass is 16.6. The number of allylic oxidation sites excluding steroid dienone is 4. The van der Waals surface area contributed by atoms with Gasteiger partial charge in [0.15, 0.2) is 12.0 Å². The van der Waals surface area contributed by atoms with E-state index in [9.17, 15) is 9.59 Å². The predicted octanol–water partition coefficient (Wildman–Crippen LogP) is 3.64. The number of nitrogens with one attached hydrogen (secondary N) is 2. The van der Waals surface area contributed by atoms with Gasteiger partial charge < -0.3 is 30.3 Å². The summed E-state index contributed by atoms with van der Waals surface area (Å²) in [6.07, 6.45) is 12.4. The second-order valence-corrected chi connectivity index (χ2v) is 10.5. The van der Waals surface area contributed by atoms with Crippen molar-refractivity contribution < 1.29 is 19.1 Å². The largest absolute Gasteiger partial charge is 0.463 e. The highest BCUT2D eigenvalue weighted by molar-refractivity contribution is 6.04. The summed E-state index contributed by atoms with van der Waals surface area (Å²) in [7, 11) is 2.12. The van der Waals surface area contributed by atoms with Gasteiger partial charge in [-0.3, -0.25) is 20.0 Å². The Labute approximate surface area is 246 Å². The van der Waals surface area contributed by atoms with E-state index in [0.717, 1.165) is 56.7 Å². The topological polar surface area (TPSA) is 125 Å². The van der Waals surface area contributed by atoms with Crippen LogP contribution in [0.4, 0.5) is 16.2 Å². The van der Waals surface area contributed by atoms with Gasteiger partial charge in [-0.05, 0) is 49.2 Å². The molecule has 0 saturated carbocycles. The van der Waals surface area contributed by atoms with Gasteiger partial charge in [0.2, 0.25) is 5.88 Å². The maximum Gasteiger partial charge on any atom is 0.324 e. The molecule has 11 heteroatoms. The van der Waals surface area contributed by atoms with Crippen molar-refractivity contribution in [3.05, 3.63) is 102 Å². The third-order valence-corrected chi connectivity index (χ3v) is 7.34. The summed E-state index contributed by atoms with van der Waals surface area (Å²) in [6, 6.07) is 10.2. The van der Waals surface area contributed by atoms with E-state index in [1.807, 2.05) is 12.2 Å². The molecule has 1 aromatic heterocycles. The predicted molar refractivity (Wildman–Crippen MR) is 161 cm³/mol. The number of pyridine rings is 1. The first-order chi connectivity index (χ1) is 20.4. The quantitative estimate of drug-likeness (QED) is 0.390. The molecule has 1 aliphatic carbocycles. The standard InChI is InChI=1S/C31H37N7O4/c1-36-13-15-37(16-14-36)17-18-38(31(40)35-29-22-41-21-28(42-29)24-7-3-2-4-8-24)20-23-11-12-27(33-19-23)30(39)34-26-10-6-5-9-25(26)32/h2-3,5-7,9-12,19,21-22H,4,8,13-18,20,32H2,1H3,(H,34,39)(H,35,40). The van der Waals surface area contributed by atoms with Crippen LogP contribution in [0.1, 0.15) is 28.9 Å². The lowest BCUT2D eigenvalue weighted by Gasteiger charge is -2.34. The molecule has 42 heavy (non-hydrogen) atoms. The number of piperazine rings is 1. The van der Waals surface area contributed by atoms with Crippen LogP contribution in [0.15, 0.2) is 90.6 Å². The van der Waals surface area contributed by atoms with Crippen molar-refractivity contribution in [1.82, 2.24) is 25.0 Å². The first-order valence-corrected chi connectivity index (χ1v) is 14.1. The molecular weight excluding hydrogens is 534 g/mol. The average Bonchev–Trinajstić information content (AvgIpc) is 3.02. The van der Waals surface area contributed by atoms with Crippen LogP contribution in [-0.2, 0) is 16.0 Å². The minimum atomic E-state index is -0.363. The van der Waals surface area contributed by atoms with E-state index in [-0.39, 0.29) is 23.5 Å². The van der Waals surface area contributed by atoms with E-state index in [4.69, 9.17) is 15.2 Å². The van der Waals surface area contributed by atoms with Crippen LogP contribution in [0.25, 0.3) is 0 Å². The smallest absolute Gasteiger partial charge is 0.324 e. The van der Waals surface area contributed by atoms with E-state index < -0.39 is 0 Å². The SMILES string of the molecule is CN1CCN(CCN(Cc2ccc(C(=O)Nc3ccccc3N)nc2)C(=O)NC2=COC=C(C3=CC=CCC3)O2)CC1. The molecule has 5 rings (SSSR count). The fourth-order valence-electron chi connectivity index (χ4n) is 4.77. The van der Waals surface area contributed by atoms with Gasteiger partial charge in [-0.2, -0.15) is 0 Å². The maximum absolute atomic E-state index is 13.5. The fraction of sp³-hybridized carbons (Fsp3) is 0.323. The summed E-state index contributed by atoms with van der Waals surface area (Å²) in [5.41, 5.74) is 8.99. The number of likely N-dealkylation sites (N-methyl/N-ethyl adjacent to an activating group) is 1. The van der Waals surface area contributed by atoms with Crippen molar-refractivity contribution in [2.45, 2.75) is 19.4 Å². The Morgan fingerprint density at radius 1 is 1.07 bits per heavy atom. The van der Waals surface area contributed by atoms with Gasteiger partial charge in [0, 0.05) is 52.0 Å². The normalized spacial score (nSPS) is 17.2. The molecule has 3 heterocycles. The summed E-state index contributed by atoms with van der Waals surface area (Å²) in [6.45, 7) is 5.41. The van der Waals surface area contributed by atoms with E-state index in [1.54, 1.807) is 53.8 Å². The monoisotopic (exact) mass is 571 g/mol. The van der Waals surface area contributed by atoms with Crippen molar-refractivity contribution in [3.63, 3.8) is 0 Å². The molecule has 2 aromatic rings. The lowest BCUT2D eigenvalue weighted by atomic mass is 10.0. The highest BCUT2D eigenvalue weighted by Gasteiger charge is 2.22. The lowest BCUT2D eigenvalue weighted by Crippen LogP contribution is -2.48. The number of anilines is 2. The van der Waals surface area contributed by atoms with Crippen molar-refractivity contribution in [2.75, 3.05) is 57.4 Å². The molecule has 2 aliphatic heterocycles. The molecule has 0 radical (unpaired) electrons. The molecule has 11 nitrogen and oxygen atoms in total. The number of benzene rings is 1. The summed E-state index contributed by atoms with van der Waals surface area (Å²) in [5.74, 6) is 0.442. The summed E-state index contributed by atoms with van der Waals surface area (Å²) >= 11 is 0. The number of urea groups is 1. The second-order valence-electron chi connectivity index (χ2n) is 10.5. The van der Waals surface area contributed by atoms with Crippen LogP contribution in [-0.4, -0.2) is 77.9 Å². The zero-order valence-corrected chi connectivity index (χ0v) is 23.8. The number of para-hydroxylation sites is 2. The number of aromatic nitrogens is 1. The number of hydrogen-bond acceptors (Lipinski definition) is 8. The number of rotatable bonds is 9. The molecule has 220 valence electrons. The third-order valence-electron chi connectivity index (χ3n) is 7.34. The van der Waals surface area contributed by atoms with Gasteiger partial charge in [0.25, 0.3) is 5.91 Å². The van der Waals surface area contributed by atoms with Crippen LogP contribution in [0.2, 0.25) is 0 Å². The van der Waals surface area contributed by atoms with Gasteiger partial charge in [0.1, 0.15) is 12.0 Å². The summed E-state index contributed by atoms with van der Waals surface area (Å²) in [4.78, 5) is 36.9. The lowest BCUT2D eigenvalue weighted by molar-refractivity contribution is 0.102. The molecule has 4 N–H and O–H groups in total. The van der Waals surface area contributed by atoms with Gasteiger partial charge in [-0.25, -0.2) is 4.79 Å². The van der Waals surface area contributed by atoms with Crippen LogP contribution >= 0.6 is 0 Å². The van der Waals surface area contributed by atoms with Gasteiger partial charge in [-0.15, -0.1) is 0 Å². The number of nitrogens with two attached hydrogens (primary N) is 1. The summed E-state index contributed by atoms with van der Waals surface area (Å²) in [5, 5.41) is 5.64. The first-order valence-electron chi connectivity index (χ1n) is 14.1. The molecule has 3 aliphatic rings. The Bertz CT molecular complexity index is 1390. The van der Waals surface area contributed by atoms with E-state index in [0.29, 0.717) is 30.2 Å². The van der Waals surface area contributed by atoms with E-state index in [1.165, 1.54) is 6.26 Å². The molecular formula is C31H37N7O4. The number of amides is 3. The van der Waals surface area contributed by atoms with Crippen LogP contribution in [0, 0.1) is 0 Å². The van der Waals surface area contributed by atoms with Gasteiger partial charge in [-0.1, -0.05) is 36.4 Å². The molecule has 0 unspecified atom stereocenters. The second kappa shape index (κ2) is 13.8. The third kappa shape index (κ3) is 7.77. The zero-order chi connectivity index (χ0) is 29.3. The number of nitrogen functional groups attached to an aromatic ring is 1. The van der Waals surface area contributed by atoms with Crippen molar-refractivity contribution in [2.24, 2.45) is 0 Å². The average molecular weight is 572 g/mol. The number of ether oxygens (including phenoxy) is 2. The molecule has 3 amide bonds. The number of carbonyl (C=O) groups is 2. The van der Waals surface area contributed by atoms with Gasteiger partial charge >= 0.3 is 6.03 Å². The number of hydrogen-bond donors (Lipinski definition) is 3. The Hall–Kier alpha value is -4.61. The molecule has 1 fully saturated rings. The molecule has 0 spiro atoms. The van der Waals surface area contributed by atoms with Crippen LogP contribution in [0.3, 0.4) is 0 Å². The van der Waals surface area contributed by atoms with Gasteiger partial charge in [0.05, 0.1) is 11.4 Å². The van der Waals surface area contributed by atoms with E-state index >= 15 is 0 Å². The van der Waals surface area contributed by atoms with E-state index in [2.05, 4.69) is 38.5 Å². The van der Waals surface area contributed by atoms with Crippen LogP contribution in [0.5, 0.6) is 0 Å². The first kappa shape index (κ1) is 28.9. The van der Waals surface area contributed by atoms with Crippen molar-refractivity contribution >= 4 is 23.3 Å². The fourth-order valence-corrected chi connectivity index (χ4v) is 4.77. The molecule has 0 atom stereocenters.